The Labute approximate surface area is 205 Å². The fourth-order valence-corrected chi connectivity index (χ4v) is 4.12. The molecule has 180 valence electrons. The Morgan fingerprint density at radius 2 is 1.63 bits per heavy atom. The zero-order valence-electron chi connectivity index (χ0n) is 20.4. The monoisotopic (exact) mass is 469 g/mol. The molecule has 0 unspecified atom stereocenters. The summed E-state index contributed by atoms with van der Waals surface area (Å²) in [5.41, 5.74) is 3.82. The standard InChI is InChI=1S/C28H31N5O2/c1-20(2)17-18-29-28(35)27(22-12-5-4-6-13-22)33(24-15-9-7-11-21(24)3)26(34)19-32-25-16-10-8-14-23(25)30-31-32/h4-16,20,27H,17-19H2,1-3H3,(H,29,35)/t27-/m0/s1. The second-order valence-electron chi connectivity index (χ2n) is 9.07. The molecule has 0 aliphatic rings. The van der Waals surface area contributed by atoms with Crippen molar-refractivity contribution in [3.8, 4) is 0 Å². The second-order valence-corrected chi connectivity index (χ2v) is 9.07. The molecule has 0 bridgehead atoms. The highest BCUT2D eigenvalue weighted by Gasteiger charge is 2.33. The number of carbonyl (C=O) groups excluding carboxylic acids is 2. The molecule has 2 amide bonds. The third kappa shape index (κ3) is 5.57. The third-order valence-corrected chi connectivity index (χ3v) is 5.99. The Balaban J connectivity index is 1.76. The van der Waals surface area contributed by atoms with Crippen LogP contribution >= 0.6 is 0 Å². The van der Waals surface area contributed by atoms with Gasteiger partial charge in [-0.2, -0.15) is 0 Å². The first-order valence-electron chi connectivity index (χ1n) is 11.9. The molecule has 7 heteroatoms. The molecule has 0 saturated heterocycles. The molecular weight excluding hydrogens is 438 g/mol. The van der Waals surface area contributed by atoms with Gasteiger partial charge in [0.2, 0.25) is 11.8 Å². The van der Waals surface area contributed by atoms with E-state index in [0.717, 1.165) is 23.1 Å². The van der Waals surface area contributed by atoms with Gasteiger partial charge in [0.15, 0.2) is 0 Å². The lowest BCUT2D eigenvalue weighted by Gasteiger charge is -2.32. The van der Waals surface area contributed by atoms with Crippen molar-refractivity contribution in [2.75, 3.05) is 11.4 Å². The maximum atomic E-state index is 14.0. The number of hydrogen-bond donors (Lipinski definition) is 1. The molecule has 0 aliphatic heterocycles. The number of amides is 2. The number of carbonyl (C=O) groups is 2. The summed E-state index contributed by atoms with van der Waals surface area (Å²) in [6.07, 6.45) is 0.858. The number of anilines is 1. The average molecular weight is 470 g/mol. The minimum absolute atomic E-state index is 0.0442. The highest BCUT2D eigenvalue weighted by Crippen LogP contribution is 2.31. The number of hydrogen-bond acceptors (Lipinski definition) is 4. The summed E-state index contributed by atoms with van der Waals surface area (Å²) in [6.45, 7) is 6.68. The molecule has 1 aromatic heterocycles. The summed E-state index contributed by atoms with van der Waals surface area (Å²) < 4.78 is 1.58. The maximum Gasteiger partial charge on any atom is 0.249 e. The van der Waals surface area contributed by atoms with Crippen molar-refractivity contribution in [2.45, 2.75) is 39.8 Å². The predicted molar refractivity (Wildman–Crippen MR) is 138 cm³/mol. The number of nitrogens with zero attached hydrogens (tertiary/aromatic N) is 4. The van der Waals surface area contributed by atoms with E-state index >= 15 is 0 Å². The summed E-state index contributed by atoms with van der Waals surface area (Å²) in [7, 11) is 0. The quantitative estimate of drug-likeness (QED) is 0.386. The van der Waals surface area contributed by atoms with Gasteiger partial charge in [0.05, 0.1) is 5.52 Å². The lowest BCUT2D eigenvalue weighted by atomic mass is 10.0. The first-order valence-corrected chi connectivity index (χ1v) is 11.9. The molecular formula is C28H31N5O2. The molecule has 1 heterocycles. The molecule has 0 radical (unpaired) electrons. The molecule has 7 nitrogen and oxygen atoms in total. The molecule has 0 fully saturated rings. The largest absolute Gasteiger partial charge is 0.354 e. The topological polar surface area (TPSA) is 80.1 Å². The minimum atomic E-state index is -0.827. The van der Waals surface area contributed by atoms with Gasteiger partial charge in [0.1, 0.15) is 18.1 Å². The molecule has 1 atom stereocenters. The molecule has 3 aromatic carbocycles. The van der Waals surface area contributed by atoms with E-state index in [4.69, 9.17) is 0 Å². The van der Waals surface area contributed by atoms with Crippen molar-refractivity contribution in [1.29, 1.82) is 0 Å². The van der Waals surface area contributed by atoms with Gasteiger partial charge in [-0.25, -0.2) is 4.68 Å². The van der Waals surface area contributed by atoms with Crippen LogP contribution in [0.4, 0.5) is 5.69 Å². The minimum Gasteiger partial charge on any atom is -0.354 e. The van der Waals surface area contributed by atoms with Gasteiger partial charge < -0.3 is 5.32 Å². The zero-order chi connectivity index (χ0) is 24.8. The van der Waals surface area contributed by atoms with Gasteiger partial charge in [0.25, 0.3) is 0 Å². The van der Waals surface area contributed by atoms with Crippen LogP contribution in [0, 0.1) is 12.8 Å². The summed E-state index contributed by atoms with van der Waals surface area (Å²) in [5, 5.41) is 11.4. The van der Waals surface area contributed by atoms with Gasteiger partial charge in [-0.1, -0.05) is 79.7 Å². The lowest BCUT2D eigenvalue weighted by molar-refractivity contribution is -0.127. The lowest BCUT2D eigenvalue weighted by Crippen LogP contribution is -2.46. The van der Waals surface area contributed by atoms with Crippen LogP contribution in [0.25, 0.3) is 11.0 Å². The van der Waals surface area contributed by atoms with Gasteiger partial charge in [-0.05, 0) is 48.6 Å². The number of nitrogens with one attached hydrogen (secondary N) is 1. The van der Waals surface area contributed by atoms with Crippen LogP contribution in [0.5, 0.6) is 0 Å². The summed E-state index contributed by atoms with van der Waals surface area (Å²) >= 11 is 0. The van der Waals surface area contributed by atoms with Crippen molar-refractivity contribution in [3.63, 3.8) is 0 Å². The van der Waals surface area contributed by atoms with E-state index in [-0.39, 0.29) is 18.4 Å². The molecule has 4 aromatic rings. The Kier molecular flexibility index (Phi) is 7.55. The van der Waals surface area contributed by atoms with E-state index in [1.807, 2.05) is 85.8 Å². The van der Waals surface area contributed by atoms with Gasteiger partial charge >= 0.3 is 0 Å². The number of benzene rings is 3. The van der Waals surface area contributed by atoms with Crippen LogP contribution in [-0.4, -0.2) is 33.4 Å². The molecule has 0 aliphatic carbocycles. The summed E-state index contributed by atoms with van der Waals surface area (Å²) in [4.78, 5) is 29.2. The van der Waals surface area contributed by atoms with Gasteiger partial charge in [-0.3, -0.25) is 14.5 Å². The fraction of sp³-hybridized carbons (Fsp3) is 0.286. The van der Waals surface area contributed by atoms with E-state index in [1.165, 1.54) is 0 Å². The maximum absolute atomic E-state index is 14.0. The molecule has 0 spiro atoms. The first-order chi connectivity index (χ1) is 17.0. The zero-order valence-corrected chi connectivity index (χ0v) is 20.4. The Morgan fingerprint density at radius 3 is 2.37 bits per heavy atom. The number of rotatable bonds is 9. The normalized spacial score (nSPS) is 12.0. The van der Waals surface area contributed by atoms with Crippen LogP contribution in [0.2, 0.25) is 0 Å². The van der Waals surface area contributed by atoms with Gasteiger partial charge in [0, 0.05) is 12.2 Å². The SMILES string of the molecule is Cc1ccccc1N(C(=O)Cn1nnc2ccccc21)[C@H](C(=O)NCCC(C)C)c1ccccc1. The Morgan fingerprint density at radius 1 is 0.943 bits per heavy atom. The number of fused-ring (bicyclic) bond motifs is 1. The van der Waals surface area contributed by atoms with E-state index < -0.39 is 6.04 Å². The molecule has 0 saturated carbocycles. The van der Waals surface area contributed by atoms with E-state index in [9.17, 15) is 9.59 Å². The summed E-state index contributed by atoms with van der Waals surface area (Å²) in [6, 6.07) is 23.8. The number of para-hydroxylation sites is 2. The second kappa shape index (κ2) is 11.0. The first kappa shape index (κ1) is 24.1. The van der Waals surface area contributed by atoms with Crippen LogP contribution in [0.1, 0.15) is 37.4 Å². The van der Waals surface area contributed by atoms with Crippen molar-refractivity contribution in [2.24, 2.45) is 5.92 Å². The average Bonchev–Trinajstić information content (AvgIpc) is 3.26. The number of aromatic nitrogens is 3. The Bertz CT molecular complexity index is 1300. The molecule has 35 heavy (non-hydrogen) atoms. The highest BCUT2D eigenvalue weighted by atomic mass is 16.2. The van der Waals surface area contributed by atoms with Crippen molar-refractivity contribution in [3.05, 3.63) is 90.0 Å². The van der Waals surface area contributed by atoms with E-state index in [0.29, 0.717) is 23.7 Å². The predicted octanol–water partition coefficient (Wildman–Crippen LogP) is 4.68. The smallest absolute Gasteiger partial charge is 0.249 e. The molecule has 1 N–H and O–H groups in total. The molecule has 4 rings (SSSR count). The van der Waals surface area contributed by atoms with Crippen LogP contribution in [-0.2, 0) is 16.1 Å². The highest BCUT2D eigenvalue weighted by molar-refractivity contribution is 6.02. The van der Waals surface area contributed by atoms with Crippen molar-refractivity contribution < 1.29 is 9.59 Å². The number of aryl methyl sites for hydroxylation is 1. The van der Waals surface area contributed by atoms with Crippen LogP contribution < -0.4 is 10.2 Å². The third-order valence-electron chi connectivity index (χ3n) is 5.99. The van der Waals surface area contributed by atoms with Crippen LogP contribution in [0.3, 0.4) is 0 Å². The van der Waals surface area contributed by atoms with Gasteiger partial charge in [-0.15, -0.1) is 5.10 Å². The Hall–Kier alpha value is -4.00. The van der Waals surface area contributed by atoms with E-state index in [1.54, 1.807) is 9.58 Å². The fourth-order valence-electron chi connectivity index (χ4n) is 4.12. The van der Waals surface area contributed by atoms with Crippen molar-refractivity contribution in [1.82, 2.24) is 20.3 Å². The van der Waals surface area contributed by atoms with Crippen LogP contribution in [0.15, 0.2) is 78.9 Å². The van der Waals surface area contributed by atoms with E-state index in [2.05, 4.69) is 29.5 Å². The summed E-state index contributed by atoms with van der Waals surface area (Å²) in [5.74, 6) is -0.000100. The van der Waals surface area contributed by atoms with Crippen molar-refractivity contribution >= 4 is 28.5 Å².